The minimum atomic E-state index is -0.327. The molecule has 25 heavy (non-hydrogen) atoms. The molecule has 1 heterocycles. The Labute approximate surface area is 145 Å². The first kappa shape index (κ1) is 16.6. The lowest BCUT2D eigenvalue weighted by Crippen LogP contribution is -2.24. The van der Waals surface area contributed by atoms with Crippen molar-refractivity contribution in [2.75, 3.05) is 5.32 Å². The van der Waals surface area contributed by atoms with Crippen LogP contribution in [0, 0.1) is 5.82 Å². The number of benzene rings is 2. The average Bonchev–Trinajstić information content (AvgIpc) is 2.67. The third kappa shape index (κ3) is 4.84. The summed E-state index contributed by atoms with van der Waals surface area (Å²) in [4.78, 5) is 20.4. The molecule has 5 nitrogen and oxygen atoms in total. The van der Waals surface area contributed by atoms with Crippen molar-refractivity contribution < 1.29 is 9.18 Å². The number of aromatic nitrogens is 2. The molecule has 126 valence electrons. The summed E-state index contributed by atoms with van der Waals surface area (Å²) in [6.45, 7) is 0.931. The van der Waals surface area contributed by atoms with Crippen LogP contribution in [0.2, 0.25) is 0 Å². The van der Waals surface area contributed by atoms with Crippen molar-refractivity contribution in [2.24, 2.45) is 0 Å². The topological polar surface area (TPSA) is 66.9 Å². The van der Waals surface area contributed by atoms with Crippen LogP contribution in [0.3, 0.4) is 0 Å². The number of hydrogen-bond donors (Lipinski definition) is 2. The lowest BCUT2D eigenvalue weighted by molar-refractivity contribution is 0.0945. The van der Waals surface area contributed by atoms with Gasteiger partial charge in [-0.2, -0.15) is 0 Å². The van der Waals surface area contributed by atoms with E-state index in [0.29, 0.717) is 18.9 Å². The molecule has 0 aliphatic heterocycles. The normalized spacial score (nSPS) is 10.3. The van der Waals surface area contributed by atoms with Crippen LogP contribution in [0.4, 0.5) is 10.2 Å². The molecule has 0 aliphatic rings. The quantitative estimate of drug-likeness (QED) is 0.726. The summed E-state index contributed by atoms with van der Waals surface area (Å²) >= 11 is 0. The first-order valence-corrected chi connectivity index (χ1v) is 7.83. The van der Waals surface area contributed by atoms with Gasteiger partial charge in [0.15, 0.2) is 0 Å². The van der Waals surface area contributed by atoms with E-state index in [0.717, 1.165) is 11.1 Å². The highest BCUT2D eigenvalue weighted by molar-refractivity contribution is 5.91. The van der Waals surface area contributed by atoms with E-state index in [9.17, 15) is 9.18 Å². The maximum Gasteiger partial charge on any atom is 0.271 e. The SMILES string of the molecule is O=C(NCc1ccc(F)cc1)c1cnc(NCc2ccccc2)cn1. The number of nitrogens with zero attached hydrogens (tertiary/aromatic N) is 2. The molecule has 0 bridgehead atoms. The van der Waals surface area contributed by atoms with Gasteiger partial charge in [-0.15, -0.1) is 0 Å². The number of rotatable bonds is 6. The van der Waals surface area contributed by atoms with E-state index < -0.39 is 0 Å². The van der Waals surface area contributed by atoms with Gasteiger partial charge in [0.1, 0.15) is 17.3 Å². The van der Waals surface area contributed by atoms with Crippen LogP contribution in [-0.4, -0.2) is 15.9 Å². The molecule has 3 aromatic rings. The number of anilines is 1. The fourth-order valence-corrected chi connectivity index (χ4v) is 2.20. The largest absolute Gasteiger partial charge is 0.365 e. The van der Waals surface area contributed by atoms with Crippen molar-refractivity contribution in [1.82, 2.24) is 15.3 Å². The molecule has 0 saturated heterocycles. The van der Waals surface area contributed by atoms with Crippen molar-refractivity contribution in [3.63, 3.8) is 0 Å². The van der Waals surface area contributed by atoms with Crippen LogP contribution in [0.25, 0.3) is 0 Å². The zero-order chi connectivity index (χ0) is 17.5. The molecule has 1 aromatic heterocycles. The molecule has 6 heteroatoms. The van der Waals surface area contributed by atoms with Gasteiger partial charge in [0.25, 0.3) is 5.91 Å². The smallest absolute Gasteiger partial charge is 0.271 e. The van der Waals surface area contributed by atoms with Gasteiger partial charge < -0.3 is 10.6 Å². The van der Waals surface area contributed by atoms with E-state index in [-0.39, 0.29) is 17.4 Å². The van der Waals surface area contributed by atoms with Gasteiger partial charge in [0.05, 0.1) is 12.4 Å². The first-order valence-electron chi connectivity index (χ1n) is 7.83. The Bertz CT molecular complexity index is 820. The monoisotopic (exact) mass is 336 g/mol. The Kier molecular flexibility index (Phi) is 5.31. The van der Waals surface area contributed by atoms with Gasteiger partial charge in [-0.05, 0) is 23.3 Å². The lowest BCUT2D eigenvalue weighted by atomic mass is 10.2. The Morgan fingerprint density at radius 2 is 1.60 bits per heavy atom. The molecule has 0 saturated carbocycles. The van der Waals surface area contributed by atoms with E-state index in [2.05, 4.69) is 20.6 Å². The minimum absolute atomic E-state index is 0.229. The molecule has 0 fully saturated rings. The zero-order valence-corrected chi connectivity index (χ0v) is 13.4. The number of carbonyl (C=O) groups is 1. The van der Waals surface area contributed by atoms with Gasteiger partial charge in [-0.3, -0.25) is 4.79 Å². The highest BCUT2D eigenvalue weighted by Gasteiger charge is 2.08. The highest BCUT2D eigenvalue weighted by Crippen LogP contribution is 2.06. The van der Waals surface area contributed by atoms with Gasteiger partial charge in [0, 0.05) is 13.1 Å². The third-order valence-electron chi connectivity index (χ3n) is 3.57. The van der Waals surface area contributed by atoms with Crippen LogP contribution >= 0.6 is 0 Å². The fourth-order valence-electron chi connectivity index (χ4n) is 2.20. The molecule has 0 atom stereocenters. The Balaban J connectivity index is 1.52. The number of halogens is 1. The molecule has 0 radical (unpaired) electrons. The van der Waals surface area contributed by atoms with Gasteiger partial charge in [-0.1, -0.05) is 42.5 Å². The van der Waals surface area contributed by atoms with Crippen LogP contribution in [0.1, 0.15) is 21.6 Å². The lowest BCUT2D eigenvalue weighted by Gasteiger charge is -2.07. The molecule has 2 aromatic carbocycles. The summed E-state index contributed by atoms with van der Waals surface area (Å²) in [5.74, 6) is -0.0371. The Morgan fingerprint density at radius 1 is 0.880 bits per heavy atom. The number of hydrogen-bond acceptors (Lipinski definition) is 4. The summed E-state index contributed by atoms with van der Waals surface area (Å²) in [5.41, 5.74) is 2.17. The molecule has 3 rings (SSSR count). The second-order valence-electron chi connectivity index (χ2n) is 5.44. The predicted octanol–water partition coefficient (Wildman–Crippen LogP) is 3.16. The molecule has 2 N–H and O–H groups in total. The van der Waals surface area contributed by atoms with Crippen molar-refractivity contribution in [3.8, 4) is 0 Å². The number of carbonyl (C=O) groups excluding carboxylic acids is 1. The van der Waals surface area contributed by atoms with Crippen molar-refractivity contribution in [2.45, 2.75) is 13.1 Å². The summed E-state index contributed by atoms with van der Waals surface area (Å²) in [6.07, 6.45) is 2.95. The summed E-state index contributed by atoms with van der Waals surface area (Å²) in [7, 11) is 0. The Hall–Kier alpha value is -3.28. The number of amides is 1. The van der Waals surface area contributed by atoms with E-state index in [1.54, 1.807) is 12.1 Å². The molecular formula is C19H17FN4O. The zero-order valence-electron chi connectivity index (χ0n) is 13.4. The van der Waals surface area contributed by atoms with Gasteiger partial charge in [-0.25, -0.2) is 14.4 Å². The van der Waals surface area contributed by atoms with E-state index >= 15 is 0 Å². The van der Waals surface area contributed by atoms with Gasteiger partial charge >= 0.3 is 0 Å². The second kappa shape index (κ2) is 8.01. The average molecular weight is 336 g/mol. The first-order chi connectivity index (χ1) is 12.2. The second-order valence-corrected chi connectivity index (χ2v) is 5.44. The molecule has 0 aliphatic carbocycles. The fraction of sp³-hybridized carbons (Fsp3) is 0.105. The van der Waals surface area contributed by atoms with Crippen LogP contribution in [-0.2, 0) is 13.1 Å². The molecule has 1 amide bonds. The predicted molar refractivity (Wildman–Crippen MR) is 93.4 cm³/mol. The standard InChI is InChI=1S/C19H17FN4O/c20-16-8-6-15(7-9-16)11-24-19(25)17-12-23-18(13-21-17)22-10-14-4-2-1-3-5-14/h1-9,12-13H,10-11H2,(H,22,23)(H,24,25). The van der Waals surface area contributed by atoms with Crippen LogP contribution < -0.4 is 10.6 Å². The summed E-state index contributed by atoms with van der Waals surface area (Å²) in [6, 6.07) is 15.9. The molecule has 0 unspecified atom stereocenters. The highest BCUT2D eigenvalue weighted by atomic mass is 19.1. The van der Waals surface area contributed by atoms with Crippen LogP contribution in [0.5, 0.6) is 0 Å². The third-order valence-corrected chi connectivity index (χ3v) is 3.57. The van der Waals surface area contributed by atoms with Gasteiger partial charge in [0.2, 0.25) is 0 Å². The van der Waals surface area contributed by atoms with Crippen molar-refractivity contribution in [3.05, 3.63) is 89.6 Å². The van der Waals surface area contributed by atoms with Crippen LogP contribution in [0.15, 0.2) is 67.0 Å². The maximum atomic E-state index is 12.8. The van der Waals surface area contributed by atoms with E-state index in [1.807, 2.05) is 30.3 Å². The van der Waals surface area contributed by atoms with Crippen molar-refractivity contribution >= 4 is 11.7 Å². The molecule has 0 spiro atoms. The number of nitrogens with one attached hydrogen (secondary N) is 2. The summed E-state index contributed by atoms with van der Waals surface area (Å²) in [5, 5.41) is 5.88. The maximum absolute atomic E-state index is 12.8. The Morgan fingerprint density at radius 3 is 2.28 bits per heavy atom. The van der Waals surface area contributed by atoms with E-state index in [4.69, 9.17) is 0 Å². The van der Waals surface area contributed by atoms with E-state index in [1.165, 1.54) is 24.5 Å². The molecular weight excluding hydrogens is 319 g/mol. The summed E-state index contributed by atoms with van der Waals surface area (Å²) < 4.78 is 12.8. The van der Waals surface area contributed by atoms with Crippen molar-refractivity contribution in [1.29, 1.82) is 0 Å². The minimum Gasteiger partial charge on any atom is -0.365 e.